The molecule has 2 heterocycles. The second-order valence-electron chi connectivity index (χ2n) is 6.44. The number of anilines is 3. The maximum absolute atomic E-state index is 13.2. The van der Waals surface area contributed by atoms with Crippen LogP contribution >= 0.6 is 0 Å². The molecule has 7 nitrogen and oxygen atoms in total. The van der Waals surface area contributed by atoms with Gasteiger partial charge in [-0.05, 0) is 25.1 Å². The van der Waals surface area contributed by atoms with Crippen LogP contribution in [0.2, 0.25) is 0 Å². The van der Waals surface area contributed by atoms with Crippen molar-refractivity contribution in [1.29, 1.82) is 0 Å². The first kappa shape index (κ1) is 17.9. The number of amides is 2. The maximum Gasteiger partial charge on any atom is 0.321 e. The van der Waals surface area contributed by atoms with Crippen molar-refractivity contribution >= 4 is 23.4 Å². The number of nitrogens with zero attached hydrogens (tertiary/aromatic N) is 5. The number of aryl methyl sites for hydroxylation is 1. The van der Waals surface area contributed by atoms with E-state index in [4.69, 9.17) is 0 Å². The summed E-state index contributed by atoms with van der Waals surface area (Å²) in [5, 5.41) is 2.74. The van der Waals surface area contributed by atoms with Gasteiger partial charge in [0.25, 0.3) is 0 Å². The molecule has 0 aliphatic carbocycles. The van der Waals surface area contributed by atoms with Crippen LogP contribution in [0.5, 0.6) is 0 Å². The molecule has 1 aromatic heterocycles. The second kappa shape index (κ2) is 7.55. The van der Waals surface area contributed by atoms with E-state index in [0.29, 0.717) is 31.9 Å². The average molecular weight is 358 g/mol. The lowest BCUT2D eigenvalue weighted by atomic mass is 10.3. The Labute approximate surface area is 152 Å². The summed E-state index contributed by atoms with van der Waals surface area (Å²) in [7, 11) is 3.89. The number of benzene rings is 1. The summed E-state index contributed by atoms with van der Waals surface area (Å²) in [6, 6.07) is 7.63. The number of hydrogen-bond donors (Lipinski definition) is 1. The van der Waals surface area contributed by atoms with Crippen LogP contribution < -0.4 is 15.1 Å². The number of nitrogens with one attached hydrogen (secondary N) is 1. The highest BCUT2D eigenvalue weighted by atomic mass is 19.1. The Morgan fingerprint density at radius 2 is 1.88 bits per heavy atom. The molecule has 0 atom stereocenters. The molecule has 1 aromatic carbocycles. The Morgan fingerprint density at radius 3 is 2.54 bits per heavy atom. The lowest BCUT2D eigenvalue weighted by Gasteiger charge is -2.35. The molecular weight excluding hydrogens is 335 g/mol. The molecular formula is C18H23FN6O. The summed E-state index contributed by atoms with van der Waals surface area (Å²) in [6.07, 6.45) is 0. The number of carbonyl (C=O) groups excluding carboxylic acids is 1. The summed E-state index contributed by atoms with van der Waals surface area (Å²) < 4.78 is 13.2. The van der Waals surface area contributed by atoms with E-state index in [1.165, 1.54) is 12.1 Å². The van der Waals surface area contributed by atoms with E-state index >= 15 is 0 Å². The zero-order valence-electron chi connectivity index (χ0n) is 15.2. The van der Waals surface area contributed by atoms with E-state index < -0.39 is 0 Å². The van der Waals surface area contributed by atoms with Crippen LogP contribution in [-0.2, 0) is 0 Å². The molecule has 2 amide bonds. The van der Waals surface area contributed by atoms with E-state index in [1.807, 2.05) is 32.0 Å². The highest BCUT2D eigenvalue weighted by molar-refractivity contribution is 5.89. The molecule has 1 saturated heterocycles. The molecule has 0 bridgehead atoms. The van der Waals surface area contributed by atoms with Gasteiger partial charge in [-0.1, -0.05) is 6.07 Å². The first-order valence-corrected chi connectivity index (χ1v) is 8.52. The van der Waals surface area contributed by atoms with E-state index in [0.717, 1.165) is 17.5 Å². The summed E-state index contributed by atoms with van der Waals surface area (Å²) in [5.74, 6) is 2.08. The SMILES string of the molecule is Cc1nc(N(C)C)cc(N2CCN(C(=O)Nc3cccc(F)c3)CC2)n1. The van der Waals surface area contributed by atoms with E-state index in [1.54, 1.807) is 17.0 Å². The van der Waals surface area contributed by atoms with Crippen LogP contribution in [0.1, 0.15) is 5.82 Å². The van der Waals surface area contributed by atoms with Gasteiger partial charge < -0.3 is 20.0 Å². The smallest absolute Gasteiger partial charge is 0.321 e. The number of aromatic nitrogens is 2. The number of piperazine rings is 1. The standard InChI is InChI=1S/C18H23FN6O/c1-13-20-16(23(2)3)12-17(21-13)24-7-9-25(10-8-24)18(26)22-15-6-4-5-14(19)11-15/h4-6,11-12H,7-10H2,1-3H3,(H,22,26). The van der Waals surface area contributed by atoms with Gasteiger partial charge in [-0.3, -0.25) is 0 Å². The Balaban J connectivity index is 1.61. The highest BCUT2D eigenvalue weighted by Gasteiger charge is 2.22. The van der Waals surface area contributed by atoms with Crippen molar-refractivity contribution in [3.63, 3.8) is 0 Å². The topological polar surface area (TPSA) is 64.6 Å². The van der Waals surface area contributed by atoms with E-state index in [9.17, 15) is 9.18 Å². The van der Waals surface area contributed by atoms with Gasteiger partial charge in [-0.2, -0.15) is 0 Å². The number of hydrogen-bond acceptors (Lipinski definition) is 5. The third-order valence-electron chi connectivity index (χ3n) is 4.24. The fraction of sp³-hybridized carbons (Fsp3) is 0.389. The number of carbonyl (C=O) groups is 1. The first-order chi connectivity index (χ1) is 12.4. The Morgan fingerprint density at radius 1 is 1.15 bits per heavy atom. The molecule has 138 valence electrons. The lowest BCUT2D eigenvalue weighted by Crippen LogP contribution is -2.50. The summed E-state index contributed by atoms with van der Waals surface area (Å²) >= 11 is 0. The molecule has 1 aliphatic heterocycles. The molecule has 2 aromatic rings. The lowest BCUT2D eigenvalue weighted by molar-refractivity contribution is 0.208. The Hall–Kier alpha value is -2.90. The number of halogens is 1. The van der Waals surface area contributed by atoms with Gasteiger partial charge in [0.05, 0.1) is 0 Å². The summed E-state index contributed by atoms with van der Waals surface area (Å²) in [4.78, 5) is 27.1. The minimum Gasteiger partial charge on any atom is -0.363 e. The third-order valence-corrected chi connectivity index (χ3v) is 4.24. The van der Waals surface area contributed by atoms with Gasteiger partial charge in [0.1, 0.15) is 23.3 Å². The van der Waals surface area contributed by atoms with Crippen LogP contribution in [0.15, 0.2) is 30.3 Å². The van der Waals surface area contributed by atoms with Gasteiger partial charge in [0.2, 0.25) is 0 Å². The zero-order valence-corrected chi connectivity index (χ0v) is 15.2. The molecule has 0 saturated carbocycles. The van der Waals surface area contributed by atoms with Gasteiger partial charge in [-0.15, -0.1) is 0 Å². The van der Waals surface area contributed by atoms with E-state index in [-0.39, 0.29) is 11.8 Å². The van der Waals surface area contributed by atoms with E-state index in [2.05, 4.69) is 20.2 Å². The van der Waals surface area contributed by atoms with Crippen molar-refractivity contribution in [2.75, 3.05) is 55.4 Å². The van der Waals surface area contributed by atoms with Gasteiger partial charge >= 0.3 is 6.03 Å². The zero-order chi connectivity index (χ0) is 18.7. The summed E-state index contributed by atoms with van der Waals surface area (Å²) in [5.41, 5.74) is 0.458. The molecule has 1 aliphatic rings. The van der Waals surface area contributed by atoms with Gasteiger partial charge in [-0.25, -0.2) is 19.2 Å². The molecule has 8 heteroatoms. The average Bonchev–Trinajstić information content (AvgIpc) is 2.61. The van der Waals surface area contributed by atoms with Crippen LogP contribution in [0.3, 0.4) is 0 Å². The third kappa shape index (κ3) is 4.19. The van der Waals surface area contributed by atoms with Crippen molar-refractivity contribution in [3.8, 4) is 0 Å². The van der Waals surface area contributed by atoms with Crippen LogP contribution in [-0.4, -0.2) is 61.2 Å². The molecule has 3 rings (SSSR count). The Bertz CT molecular complexity index is 789. The number of rotatable bonds is 3. The quantitative estimate of drug-likeness (QED) is 0.912. The van der Waals surface area contributed by atoms with Crippen molar-refractivity contribution in [3.05, 3.63) is 42.0 Å². The number of urea groups is 1. The fourth-order valence-electron chi connectivity index (χ4n) is 2.84. The molecule has 0 radical (unpaired) electrons. The minimum atomic E-state index is -0.372. The molecule has 0 spiro atoms. The second-order valence-corrected chi connectivity index (χ2v) is 6.44. The van der Waals surface area contributed by atoms with Gasteiger partial charge in [0.15, 0.2) is 0 Å². The molecule has 26 heavy (non-hydrogen) atoms. The first-order valence-electron chi connectivity index (χ1n) is 8.52. The van der Waals surface area contributed by atoms with Crippen molar-refractivity contribution in [2.24, 2.45) is 0 Å². The van der Waals surface area contributed by atoms with Crippen molar-refractivity contribution < 1.29 is 9.18 Å². The predicted molar refractivity (Wildman–Crippen MR) is 100 cm³/mol. The van der Waals surface area contributed by atoms with Crippen LogP contribution in [0, 0.1) is 12.7 Å². The fourth-order valence-corrected chi connectivity index (χ4v) is 2.84. The molecule has 0 unspecified atom stereocenters. The van der Waals surface area contributed by atoms with Crippen molar-refractivity contribution in [1.82, 2.24) is 14.9 Å². The van der Waals surface area contributed by atoms with Crippen LogP contribution in [0.25, 0.3) is 0 Å². The summed E-state index contributed by atoms with van der Waals surface area (Å²) in [6.45, 7) is 4.38. The monoisotopic (exact) mass is 358 g/mol. The minimum absolute atomic E-state index is 0.219. The molecule has 1 fully saturated rings. The van der Waals surface area contributed by atoms with Crippen LogP contribution in [0.4, 0.5) is 26.5 Å². The highest BCUT2D eigenvalue weighted by Crippen LogP contribution is 2.19. The van der Waals surface area contributed by atoms with Gasteiger partial charge in [0, 0.05) is 52.0 Å². The maximum atomic E-state index is 13.2. The Kier molecular flexibility index (Phi) is 5.20. The van der Waals surface area contributed by atoms with Crippen molar-refractivity contribution in [2.45, 2.75) is 6.92 Å². The normalized spacial score (nSPS) is 14.3. The largest absolute Gasteiger partial charge is 0.363 e. The molecule has 1 N–H and O–H groups in total. The predicted octanol–water partition coefficient (Wildman–Crippen LogP) is 2.34.